The summed E-state index contributed by atoms with van der Waals surface area (Å²) in [5, 5.41) is 1.16. The molecule has 0 aliphatic carbocycles. The van der Waals surface area contributed by atoms with E-state index >= 15 is 0 Å². The number of nitrogens with zero attached hydrogens (tertiary/aromatic N) is 2. The Balaban J connectivity index is 1.56. The Morgan fingerprint density at radius 3 is 2.50 bits per heavy atom. The molecular formula is C35H24BrCl2IN2O4S. The van der Waals surface area contributed by atoms with Gasteiger partial charge in [-0.25, -0.2) is 9.79 Å². The Kier molecular flexibility index (Phi) is 10.1. The van der Waals surface area contributed by atoms with Gasteiger partial charge in [-0.2, -0.15) is 0 Å². The van der Waals surface area contributed by atoms with Crippen LogP contribution in [0.2, 0.25) is 10.0 Å². The molecule has 11 heteroatoms. The van der Waals surface area contributed by atoms with Gasteiger partial charge in [0.1, 0.15) is 12.4 Å². The standard InChI is InChI=1S/C35H24BrCl2IN2O4S/c1-2-44-34(43)29-30(21-8-4-3-5-9-21)40-35-41(31(29)22-11-13-25(37)14-12-22)33(42)28(46-35)17-23-16-24(36)18-27(39)32(23)45-19-20-7-6-10-26(38)15-20/h3-18,31H,2,19H2,1H3/b28-17-/t31-/m0/s1. The third-order valence-corrected chi connectivity index (χ3v) is 9.88. The van der Waals surface area contributed by atoms with Crippen LogP contribution in [-0.2, 0) is 16.1 Å². The minimum atomic E-state index is -0.800. The Hall–Kier alpha value is -3.22. The van der Waals surface area contributed by atoms with Crippen LogP contribution >= 0.6 is 73.1 Å². The van der Waals surface area contributed by atoms with E-state index in [0.29, 0.717) is 48.6 Å². The normalized spacial score (nSPS) is 14.5. The highest BCUT2D eigenvalue weighted by Gasteiger charge is 2.35. The summed E-state index contributed by atoms with van der Waals surface area (Å²) in [5.41, 5.74) is 3.49. The average Bonchev–Trinajstić information content (AvgIpc) is 3.35. The van der Waals surface area contributed by atoms with Crippen molar-refractivity contribution in [1.29, 1.82) is 0 Å². The molecule has 1 aromatic heterocycles. The second-order valence-corrected chi connectivity index (χ2v) is 14.2. The van der Waals surface area contributed by atoms with E-state index in [-0.39, 0.29) is 17.7 Å². The van der Waals surface area contributed by atoms with Gasteiger partial charge in [0, 0.05) is 25.6 Å². The molecule has 0 fully saturated rings. The van der Waals surface area contributed by atoms with Gasteiger partial charge in [0.2, 0.25) is 0 Å². The monoisotopic (exact) mass is 844 g/mol. The highest BCUT2D eigenvalue weighted by molar-refractivity contribution is 14.1. The number of hydrogen-bond acceptors (Lipinski definition) is 6. The molecular weight excluding hydrogens is 822 g/mol. The number of fused-ring (bicyclic) bond motifs is 1. The molecule has 0 saturated carbocycles. The highest BCUT2D eigenvalue weighted by atomic mass is 127. The zero-order valence-corrected chi connectivity index (χ0v) is 30.2. The van der Waals surface area contributed by atoms with Crippen molar-refractivity contribution in [3.8, 4) is 5.75 Å². The number of benzene rings is 4. The van der Waals surface area contributed by atoms with Crippen molar-refractivity contribution in [2.75, 3.05) is 6.61 Å². The number of esters is 1. The number of halogens is 4. The van der Waals surface area contributed by atoms with E-state index < -0.39 is 12.0 Å². The first kappa shape index (κ1) is 32.7. The first-order chi connectivity index (χ1) is 22.2. The van der Waals surface area contributed by atoms with Crippen LogP contribution in [0.5, 0.6) is 5.75 Å². The van der Waals surface area contributed by atoms with Gasteiger partial charge >= 0.3 is 5.97 Å². The molecule has 232 valence electrons. The summed E-state index contributed by atoms with van der Waals surface area (Å²) in [7, 11) is 0. The van der Waals surface area contributed by atoms with Crippen molar-refractivity contribution >= 4 is 90.8 Å². The first-order valence-electron chi connectivity index (χ1n) is 14.1. The fourth-order valence-electron chi connectivity index (χ4n) is 5.16. The van der Waals surface area contributed by atoms with E-state index in [0.717, 1.165) is 19.2 Å². The molecule has 1 aliphatic rings. The third kappa shape index (κ3) is 6.89. The van der Waals surface area contributed by atoms with Gasteiger partial charge in [0.25, 0.3) is 5.56 Å². The fraction of sp³-hybridized carbons (Fsp3) is 0.114. The van der Waals surface area contributed by atoms with Crippen LogP contribution in [0.3, 0.4) is 0 Å². The second kappa shape index (κ2) is 14.3. The molecule has 0 unspecified atom stereocenters. The first-order valence-corrected chi connectivity index (χ1v) is 17.6. The lowest BCUT2D eigenvalue weighted by Crippen LogP contribution is -2.40. The van der Waals surface area contributed by atoms with Crippen molar-refractivity contribution in [3.05, 3.63) is 157 Å². The predicted octanol–water partition coefficient (Wildman–Crippen LogP) is 8.19. The number of hydrogen-bond donors (Lipinski definition) is 0. The van der Waals surface area contributed by atoms with Crippen molar-refractivity contribution in [2.45, 2.75) is 19.6 Å². The maximum Gasteiger partial charge on any atom is 0.338 e. The number of rotatable bonds is 8. The molecule has 6 nitrogen and oxygen atoms in total. The summed E-state index contributed by atoms with van der Waals surface area (Å²) in [6.45, 7) is 2.21. The second-order valence-electron chi connectivity index (χ2n) is 10.2. The lowest BCUT2D eigenvalue weighted by atomic mass is 9.93. The van der Waals surface area contributed by atoms with E-state index in [9.17, 15) is 9.59 Å². The van der Waals surface area contributed by atoms with Crippen LogP contribution in [0.15, 0.2) is 111 Å². The Morgan fingerprint density at radius 1 is 1.02 bits per heavy atom. The maximum atomic E-state index is 14.3. The van der Waals surface area contributed by atoms with Crippen molar-refractivity contribution in [2.24, 2.45) is 4.99 Å². The van der Waals surface area contributed by atoms with Crippen LogP contribution in [0.25, 0.3) is 11.8 Å². The topological polar surface area (TPSA) is 69.9 Å². The van der Waals surface area contributed by atoms with Crippen LogP contribution in [0.4, 0.5) is 0 Å². The number of ether oxygens (including phenoxy) is 2. The van der Waals surface area contributed by atoms with Gasteiger partial charge < -0.3 is 9.47 Å². The fourth-order valence-corrected chi connectivity index (χ4v) is 8.20. The maximum absolute atomic E-state index is 14.3. The predicted molar refractivity (Wildman–Crippen MR) is 195 cm³/mol. The molecule has 0 amide bonds. The third-order valence-electron chi connectivity index (χ3n) is 7.16. The largest absolute Gasteiger partial charge is 0.487 e. The minimum Gasteiger partial charge on any atom is -0.487 e. The molecule has 0 spiro atoms. The summed E-state index contributed by atoms with van der Waals surface area (Å²) in [5.74, 6) is 0.0821. The van der Waals surface area contributed by atoms with Crippen LogP contribution in [0.1, 0.15) is 35.2 Å². The quantitative estimate of drug-likeness (QED) is 0.117. The molecule has 4 aromatic carbocycles. The molecule has 1 atom stereocenters. The van der Waals surface area contributed by atoms with Crippen LogP contribution in [-0.4, -0.2) is 17.1 Å². The molecule has 46 heavy (non-hydrogen) atoms. The summed E-state index contributed by atoms with van der Waals surface area (Å²) >= 11 is 19.5. The summed E-state index contributed by atoms with van der Waals surface area (Å²) in [4.78, 5) is 33.4. The molecule has 2 heterocycles. The smallest absolute Gasteiger partial charge is 0.338 e. The lowest BCUT2D eigenvalue weighted by molar-refractivity contribution is -0.138. The lowest BCUT2D eigenvalue weighted by Gasteiger charge is -2.26. The number of carbonyl (C=O) groups excluding carboxylic acids is 1. The molecule has 1 aliphatic heterocycles. The molecule has 0 radical (unpaired) electrons. The molecule has 0 saturated heterocycles. The van der Waals surface area contributed by atoms with Gasteiger partial charge in [-0.1, -0.05) is 105 Å². The molecule has 6 rings (SSSR count). The number of carbonyl (C=O) groups is 1. The zero-order valence-electron chi connectivity index (χ0n) is 24.2. The number of aromatic nitrogens is 1. The van der Waals surface area contributed by atoms with Crippen LogP contribution in [0, 0.1) is 3.57 Å². The number of thiazole rings is 1. The zero-order chi connectivity index (χ0) is 32.4. The van der Waals surface area contributed by atoms with E-state index in [1.807, 2.05) is 78.9 Å². The summed E-state index contributed by atoms with van der Waals surface area (Å²) in [6, 6.07) is 27.1. The Labute approximate surface area is 300 Å². The van der Waals surface area contributed by atoms with Gasteiger partial charge in [0.05, 0.1) is 32.0 Å². The van der Waals surface area contributed by atoms with E-state index in [2.05, 4.69) is 38.5 Å². The van der Waals surface area contributed by atoms with Gasteiger partial charge in [-0.15, -0.1) is 0 Å². The molecule has 5 aromatic rings. The highest BCUT2D eigenvalue weighted by Crippen LogP contribution is 2.36. The Bertz CT molecular complexity index is 2170. The average molecular weight is 846 g/mol. The van der Waals surface area contributed by atoms with Crippen molar-refractivity contribution in [1.82, 2.24) is 4.57 Å². The van der Waals surface area contributed by atoms with Crippen LogP contribution < -0.4 is 19.6 Å². The van der Waals surface area contributed by atoms with Gasteiger partial charge in [0.15, 0.2) is 4.80 Å². The van der Waals surface area contributed by atoms with E-state index in [1.54, 1.807) is 29.7 Å². The van der Waals surface area contributed by atoms with E-state index in [4.69, 9.17) is 37.7 Å². The Morgan fingerprint density at radius 2 is 1.78 bits per heavy atom. The van der Waals surface area contributed by atoms with E-state index in [1.165, 1.54) is 11.3 Å². The summed E-state index contributed by atoms with van der Waals surface area (Å²) in [6.07, 6.45) is 1.80. The van der Waals surface area contributed by atoms with Gasteiger partial charge in [-0.05, 0) is 83.1 Å². The SMILES string of the molecule is CCOC(=O)C1=C(c2ccccc2)N=c2s/c(=C\c3cc(Br)cc(I)c3OCc3cccc(Cl)c3)c(=O)n2[C@H]1c1ccc(Cl)cc1. The summed E-state index contributed by atoms with van der Waals surface area (Å²) < 4.78 is 15.5. The minimum absolute atomic E-state index is 0.168. The molecule has 0 N–H and O–H groups in total. The van der Waals surface area contributed by atoms with Gasteiger partial charge in [-0.3, -0.25) is 9.36 Å². The van der Waals surface area contributed by atoms with Crippen molar-refractivity contribution in [3.63, 3.8) is 0 Å². The van der Waals surface area contributed by atoms with Crippen molar-refractivity contribution < 1.29 is 14.3 Å². The molecule has 0 bridgehead atoms.